The Morgan fingerprint density at radius 2 is 1.38 bits per heavy atom. The zero-order valence-electron chi connectivity index (χ0n) is 19.8. The Morgan fingerprint density at radius 1 is 0.838 bits per heavy atom. The molecular formula is C28H24F3NO5. The Morgan fingerprint density at radius 3 is 1.86 bits per heavy atom. The minimum Gasteiger partial charge on any atom is -0.497 e. The Hall–Kier alpha value is -4.27. The number of methoxy groups -OCH3 is 1. The van der Waals surface area contributed by atoms with Gasteiger partial charge in [-0.3, -0.25) is 9.59 Å². The third-order valence-corrected chi connectivity index (χ3v) is 5.90. The van der Waals surface area contributed by atoms with E-state index in [1.165, 1.54) is 13.2 Å². The summed E-state index contributed by atoms with van der Waals surface area (Å²) in [5.41, 5.74) is 1.22. The third kappa shape index (κ3) is 6.11. The van der Waals surface area contributed by atoms with Crippen molar-refractivity contribution in [3.63, 3.8) is 0 Å². The molecule has 37 heavy (non-hydrogen) atoms. The van der Waals surface area contributed by atoms with E-state index < -0.39 is 30.0 Å². The lowest BCUT2D eigenvalue weighted by Gasteiger charge is -2.26. The molecule has 1 atom stereocenters. The number of ether oxygens (including phenoxy) is 3. The van der Waals surface area contributed by atoms with Crippen molar-refractivity contribution in [1.82, 2.24) is 4.98 Å². The van der Waals surface area contributed by atoms with Crippen LogP contribution in [0.5, 0.6) is 5.75 Å². The predicted octanol–water partition coefficient (Wildman–Crippen LogP) is 5.93. The van der Waals surface area contributed by atoms with Gasteiger partial charge in [0.25, 0.3) is 0 Å². The first-order valence-electron chi connectivity index (χ1n) is 11.4. The fourth-order valence-electron chi connectivity index (χ4n) is 4.06. The maximum atomic E-state index is 14.6. The molecule has 0 unspecified atom stereocenters. The van der Waals surface area contributed by atoms with Gasteiger partial charge in [0.2, 0.25) is 0 Å². The van der Waals surface area contributed by atoms with E-state index in [1.54, 1.807) is 72.8 Å². The summed E-state index contributed by atoms with van der Waals surface area (Å²) in [5, 5.41) is 0.165. The number of carbonyl (C=O) groups is 2. The second-order valence-electron chi connectivity index (χ2n) is 8.34. The van der Waals surface area contributed by atoms with E-state index in [2.05, 4.69) is 4.98 Å². The van der Waals surface area contributed by atoms with Crippen molar-refractivity contribution < 1.29 is 37.0 Å². The highest BCUT2D eigenvalue weighted by Crippen LogP contribution is 2.44. The first-order chi connectivity index (χ1) is 17.8. The molecule has 0 aliphatic heterocycles. The number of aromatic nitrogens is 1. The van der Waals surface area contributed by atoms with Gasteiger partial charge in [-0.2, -0.15) is 13.2 Å². The lowest BCUT2D eigenvalue weighted by atomic mass is 9.85. The van der Waals surface area contributed by atoms with Gasteiger partial charge in [0.1, 0.15) is 24.9 Å². The number of esters is 2. The van der Waals surface area contributed by atoms with Gasteiger partial charge in [-0.05, 0) is 34.9 Å². The Bertz CT molecular complexity index is 1300. The zero-order chi connectivity index (χ0) is 26.4. The van der Waals surface area contributed by atoms with Gasteiger partial charge in [0, 0.05) is 17.1 Å². The molecule has 0 saturated carbocycles. The van der Waals surface area contributed by atoms with E-state index >= 15 is 0 Å². The van der Waals surface area contributed by atoms with Gasteiger partial charge < -0.3 is 19.2 Å². The van der Waals surface area contributed by atoms with Gasteiger partial charge in [-0.15, -0.1) is 0 Å². The molecule has 0 aliphatic carbocycles. The number of nitrogens with one attached hydrogen (secondary N) is 1. The van der Waals surface area contributed by atoms with Crippen molar-refractivity contribution in [3.8, 4) is 5.75 Å². The molecule has 0 fully saturated rings. The minimum absolute atomic E-state index is 0.165. The second-order valence-corrected chi connectivity index (χ2v) is 8.34. The van der Waals surface area contributed by atoms with Crippen LogP contribution in [-0.4, -0.2) is 30.2 Å². The topological polar surface area (TPSA) is 77.6 Å². The van der Waals surface area contributed by atoms with Crippen molar-refractivity contribution in [2.24, 2.45) is 5.92 Å². The summed E-state index contributed by atoms with van der Waals surface area (Å²) in [6.07, 6.45) is -3.84. The maximum absolute atomic E-state index is 14.6. The highest BCUT2D eigenvalue weighted by molar-refractivity contribution is 5.97. The molecule has 4 aromatic rings. The van der Waals surface area contributed by atoms with E-state index in [0.29, 0.717) is 22.4 Å². The summed E-state index contributed by atoms with van der Waals surface area (Å²) < 4.78 is 59.5. The SMILES string of the molecule is COc1ccc2[nH]cc([C@@H](C(C(=O)OCc3ccccc3)C(=O)OCc3ccccc3)C(F)(F)F)c2c1. The predicted molar refractivity (Wildman–Crippen MR) is 130 cm³/mol. The molecule has 1 aromatic heterocycles. The van der Waals surface area contributed by atoms with E-state index in [4.69, 9.17) is 14.2 Å². The standard InChI is InChI=1S/C28H24F3NO5/c1-35-20-12-13-23-21(14-20)22(15-32-23)25(28(29,30)31)24(26(33)36-16-18-8-4-2-5-9-18)27(34)37-17-19-10-6-3-7-11-19/h2-15,24-25,32H,16-17H2,1H3/t25-/m0/s1. The summed E-state index contributed by atoms with van der Waals surface area (Å²) in [4.78, 5) is 29.1. The van der Waals surface area contributed by atoms with Crippen molar-refractivity contribution in [2.75, 3.05) is 7.11 Å². The lowest BCUT2D eigenvalue weighted by Crippen LogP contribution is -2.40. The second kappa shape index (κ2) is 11.2. The number of benzene rings is 3. The molecule has 1 N–H and O–H groups in total. The third-order valence-electron chi connectivity index (χ3n) is 5.90. The number of hydrogen-bond donors (Lipinski definition) is 1. The van der Waals surface area contributed by atoms with E-state index in [9.17, 15) is 22.8 Å². The Balaban J connectivity index is 1.71. The van der Waals surface area contributed by atoms with Crippen LogP contribution < -0.4 is 4.74 Å². The molecule has 0 saturated heterocycles. The summed E-state index contributed by atoms with van der Waals surface area (Å²) in [7, 11) is 1.39. The maximum Gasteiger partial charge on any atom is 0.397 e. The summed E-state index contributed by atoms with van der Waals surface area (Å²) >= 11 is 0. The van der Waals surface area contributed by atoms with Crippen LogP contribution in [0.15, 0.2) is 85.1 Å². The number of fused-ring (bicyclic) bond motifs is 1. The lowest BCUT2D eigenvalue weighted by molar-refractivity contribution is -0.190. The van der Waals surface area contributed by atoms with Crippen LogP contribution in [-0.2, 0) is 32.3 Å². The fraction of sp³-hybridized carbons (Fsp3) is 0.214. The van der Waals surface area contributed by atoms with Crippen LogP contribution in [0.25, 0.3) is 10.9 Å². The van der Waals surface area contributed by atoms with Gasteiger partial charge >= 0.3 is 18.1 Å². The monoisotopic (exact) mass is 511 g/mol. The zero-order valence-corrected chi connectivity index (χ0v) is 19.8. The Kier molecular flexibility index (Phi) is 7.81. The minimum atomic E-state index is -4.99. The van der Waals surface area contributed by atoms with Gasteiger partial charge in [-0.1, -0.05) is 60.7 Å². The van der Waals surface area contributed by atoms with Gasteiger partial charge in [0.15, 0.2) is 5.92 Å². The van der Waals surface area contributed by atoms with Crippen LogP contribution in [0.1, 0.15) is 22.6 Å². The number of halogens is 3. The van der Waals surface area contributed by atoms with Gasteiger partial charge in [-0.25, -0.2) is 0 Å². The van der Waals surface area contributed by atoms with Crippen LogP contribution in [0, 0.1) is 5.92 Å². The van der Waals surface area contributed by atoms with Crippen molar-refractivity contribution >= 4 is 22.8 Å². The number of alkyl halides is 3. The van der Waals surface area contributed by atoms with E-state index in [-0.39, 0.29) is 24.2 Å². The smallest absolute Gasteiger partial charge is 0.397 e. The van der Waals surface area contributed by atoms with Crippen LogP contribution in [0.4, 0.5) is 13.2 Å². The summed E-state index contributed by atoms with van der Waals surface area (Å²) in [6.45, 7) is -0.594. The number of hydrogen-bond acceptors (Lipinski definition) is 5. The fourth-order valence-corrected chi connectivity index (χ4v) is 4.06. The van der Waals surface area contributed by atoms with Crippen molar-refractivity contribution in [3.05, 3.63) is 102 Å². The molecule has 4 rings (SSSR count). The van der Waals surface area contributed by atoms with E-state index in [1.807, 2.05) is 0 Å². The molecule has 1 heterocycles. The molecule has 0 amide bonds. The molecule has 3 aromatic carbocycles. The van der Waals surface area contributed by atoms with Crippen LogP contribution in [0.3, 0.4) is 0 Å². The first kappa shape index (κ1) is 25.8. The molecular weight excluding hydrogens is 487 g/mol. The molecule has 0 bridgehead atoms. The highest BCUT2D eigenvalue weighted by Gasteiger charge is 2.54. The van der Waals surface area contributed by atoms with Crippen LogP contribution >= 0.6 is 0 Å². The average molecular weight is 511 g/mol. The van der Waals surface area contributed by atoms with Crippen molar-refractivity contribution in [1.29, 1.82) is 0 Å². The quantitative estimate of drug-likeness (QED) is 0.223. The number of aromatic amines is 1. The molecule has 6 nitrogen and oxygen atoms in total. The summed E-state index contributed by atoms with van der Waals surface area (Å²) in [6, 6.07) is 21.5. The Labute approximate surface area is 211 Å². The molecule has 0 radical (unpaired) electrons. The number of rotatable bonds is 9. The van der Waals surface area contributed by atoms with Gasteiger partial charge in [0.05, 0.1) is 7.11 Å². The van der Waals surface area contributed by atoms with Crippen molar-refractivity contribution in [2.45, 2.75) is 25.3 Å². The first-order valence-corrected chi connectivity index (χ1v) is 11.4. The number of carbonyl (C=O) groups excluding carboxylic acids is 2. The molecule has 0 aliphatic rings. The largest absolute Gasteiger partial charge is 0.497 e. The molecule has 9 heteroatoms. The van der Waals surface area contributed by atoms with Crippen LogP contribution in [0.2, 0.25) is 0 Å². The number of H-pyrrole nitrogens is 1. The summed E-state index contributed by atoms with van der Waals surface area (Å²) in [5.74, 6) is -7.16. The highest BCUT2D eigenvalue weighted by atomic mass is 19.4. The average Bonchev–Trinajstić information content (AvgIpc) is 3.31. The van der Waals surface area contributed by atoms with E-state index in [0.717, 1.165) is 6.20 Å². The molecule has 192 valence electrons. The molecule has 0 spiro atoms. The normalized spacial score (nSPS) is 12.4.